The summed E-state index contributed by atoms with van der Waals surface area (Å²) in [5.74, 6) is -1.34. The minimum Gasteiger partial charge on any atom is -0.481 e. The molecule has 2 aromatic rings. The number of rotatable bonds is 7. The summed E-state index contributed by atoms with van der Waals surface area (Å²) in [5, 5.41) is 19.5. The van der Waals surface area contributed by atoms with Crippen LogP contribution in [0.4, 0.5) is 17.1 Å². The predicted octanol–water partition coefficient (Wildman–Crippen LogP) is 3.37. The first-order chi connectivity index (χ1) is 12.0. The van der Waals surface area contributed by atoms with E-state index in [1.54, 1.807) is 24.3 Å². The molecular weight excluding hydrogens is 320 g/mol. The number of carboxylic acid groups (broad SMARTS) is 1. The molecule has 2 aromatic carbocycles. The molecule has 0 spiro atoms. The normalized spacial score (nSPS) is 10.6. The van der Waals surface area contributed by atoms with Crippen LogP contribution >= 0.6 is 0 Å². The van der Waals surface area contributed by atoms with Gasteiger partial charge >= 0.3 is 5.97 Å². The molecule has 0 unspecified atom stereocenters. The van der Waals surface area contributed by atoms with Crippen molar-refractivity contribution in [3.05, 3.63) is 54.1 Å². The van der Waals surface area contributed by atoms with Crippen LogP contribution in [-0.4, -0.2) is 37.6 Å². The van der Waals surface area contributed by atoms with Crippen molar-refractivity contribution in [1.82, 2.24) is 5.32 Å². The molecule has 0 radical (unpaired) electrons. The minimum absolute atomic E-state index is 0.0612. The number of nitrogens with zero attached hydrogens (tertiary/aromatic N) is 3. The third-order valence-corrected chi connectivity index (χ3v) is 3.41. The van der Waals surface area contributed by atoms with Gasteiger partial charge in [0.25, 0.3) is 5.91 Å². The van der Waals surface area contributed by atoms with E-state index in [9.17, 15) is 9.59 Å². The van der Waals surface area contributed by atoms with Crippen molar-refractivity contribution in [2.45, 2.75) is 6.42 Å². The Morgan fingerprint density at radius 3 is 2.36 bits per heavy atom. The molecule has 0 aliphatic heterocycles. The van der Waals surface area contributed by atoms with Gasteiger partial charge in [-0.1, -0.05) is 12.1 Å². The van der Waals surface area contributed by atoms with E-state index >= 15 is 0 Å². The second kappa shape index (κ2) is 8.58. The average Bonchev–Trinajstić information content (AvgIpc) is 2.60. The first-order valence-corrected chi connectivity index (χ1v) is 7.75. The van der Waals surface area contributed by atoms with Gasteiger partial charge in [0.2, 0.25) is 0 Å². The maximum Gasteiger partial charge on any atom is 0.305 e. The average molecular weight is 340 g/mol. The molecule has 7 heteroatoms. The molecule has 1 amide bonds. The minimum atomic E-state index is -0.963. The Bertz CT molecular complexity index is 770. The van der Waals surface area contributed by atoms with Gasteiger partial charge in [-0.25, -0.2) is 0 Å². The van der Waals surface area contributed by atoms with Crippen LogP contribution in [0.2, 0.25) is 0 Å². The van der Waals surface area contributed by atoms with E-state index in [2.05, 4.69) is 15.5 Å². The molecule has 0 heterocycles. The molecule has 7 nitrogen and oxygen atoms in total. The zero-order valence-corrected chi connectivity index (χ0v) is 14.1. The summed E-state index contributed by atoms with van der Waals surface area (Å²) < 4.78 is 0. The third kappa shape index (κ3) is 5.42. The smallest absolute Gasteiger partial charge is 0.305 e. The van der Waals surface area contributed by atoms with Crippen molar-refractivity contribution in [3.8, 4) is 0 Å². The van der Waals surface area contributed by atoms with Crippen LogP contribution in [-0.2, 0) is 4.79 Å². The van der Waals surface area contributed by atoms with Crippen molar-refractivity contribution in [2.24, 2.45) is 10.2 Å². The Kier molecular flexibility index (Phi) is 6.22. The molecule has 0 aromatic heterocycles. The molecule has 0 aliphatic rings. The number of carbonyl (C=O) groups excluding carboxylic acids is 1. The summed E-state index contributed by atoms with van der Waals surface area (Å²) in [7, 11) is 3.91. The molecular formula is C18H20N4O3. The van der Waals surface area contributed by atoms with Gasteiger partial charge in [-0.2, -0.15) is 5.11 Å². The van der Waals surface area contributed by atoms with Gasteiger partial charge in [0.1, 0.15) is 0 Å². The number of benzene rings is 2. The summed E-state index contributed by atoms with van der Waals surface area (Å²) in [6.45, 7) is 0.0612. The van der Waals surface area contributed by atoms with Gasteiger partial charge in [0.05, 0.1) is 23.4 Å². The molecule has 0 bridgehead atoms. The summed E-state index contributed by atoms with van der Waals surface area (Å²) in [4.78, 5) is 24.7. The molecule has 25 heavy (non-hydrogen) atoms. The van der Waals surface area contributed by atoms with Crippen LogP contribution in [0.1, 0.15) is 16.8 Å². The first kappa shape index (κ1) is 18.1. The van der Waals surface area contributed by atoms with E-state index in [4.69, 9.17) is 5.11 Å². The lowest BCUT2D eigenvalue weighted by molar-refractivity contribution is -0.136. The van der Waals surface area contributed by atoms with Crippen molar-refractivity contribution >= 4 is 28.9 Å². The molecule has 0 saturated heterocycles. The maximum absolute atomic E-state index is 12.2. The van der Waals surface area contributed by atoms with Gasteiger partial charge in [-0.05, 0) is 36.4 Å². The Balaban J connectivity index is 2.11. The highest BCUT2D eigenvalue weighted by Crippen LogP contribution is 2.23. The number of azo groups is 1. The van der Waals surface area contributed by atoms with Crippen molar-refractivity contribution in [2.75, 3.05) is 25.5 Å². The quantitative estimate of drug-likeness (QED) is 0.756. The lowest BCUT2D eigenvalue weighted by atomic mass is 10.1. The first-order valence-electron chi connectivity index (χ1n) is 7.75. The van der Waals surface area contributed by atoms with Crippen molar-refractivity contribution < 1.29 is 14.7 Å². The van der Waals surface area contributed by atoms with E-state index in [0.717, 1.165) is 5.69 Å². The van der Waals surface area contributed by atoms with Gasteiger partial charge in [0, 0.05) is 26.3 Å². The lowest BCUT2D eigenvalue weighted by Gasteiger charge is -2.11. The van der Waals surface area contributed by atoms with Crippen LogP contribution in [0.15, 0.2) is 58.8 Å². The highest BCUT2D eigenvalue weighted by Gasteiger charge is 2.10. The fourth-order valence-electron chi connectivity index (χ4n) is 2.06. The molecule has 2 rings (SSSR count). The molecule has 0 fully saturated rings. The molecule has 0 saturated carbocycles. The topological polar surface area (TPSA) is 94.4 Å². The third-order valence-electron chi connectivity index (χ3n) is 3.41. The fourth-order valence-corrected chi connectivity index (χ4v) is 2.06. The predicted molar refractivity (Wildman–Crippen MR) is 96.0 cm³/mol. The number of nitrogens with one attached hydrogen (secondary N) is 1. The van der Waals surface area contributed by atoms with E-state index in [0.29, 0.717) is 16.9 Å². The molecule has 130 valence electrons. The Morgan fingerprint density at radius 2 is 1.72 bits per heavy atom. The second-order valence-electron chi connectivity index (χ2n) is 5.53. The molecule has 2 N–H and O–H groups in total. The van der Waals surface area contributed by atoms with Crippen LogP contribution in [0.25, 0.3) is 0 Å². The number of hydrogen-bond acceptors (Lipinski definition) is 5. The largest absolute Gasteiger partial charge is 0.481 e. The van der Waals surface area contributed by atoms with E-state index in [1.165, 1.54) is 0 Å². The van der Waals surface area contributed by atoms with Crippen LogP contribution in [0.3, 0.4) is 0 Å². The summed E-state index contributed by atoms with van der Waals surface area (Å²) in [6.07, 6.45) is -0.131. The monoisotopic (exact) mass is 340 g/mol. The second-order valence-corrected chi connectivity index (χ2v) is 5.53. The van der Waals surface area contributed by atoms with Crippen LogP contribution in [0.5, 0.6) is 0 Å². The SMILES string of the molecule is CN(C)c1ccc(N=Nc2ccccc2C(=O)NCCC(=O)O)cc1. The maximum atomic E-state index is 12.2. The van der Waals surface area contributed by atoms with Crippen molar-refractivity contribution in [1.29, 1.82) is 0 Å². The van der Waals surface area contributed by atoms with Crippen LogP contribution in [0, 0.1) is 0 Å². The van der Waals surface area contributed by atoms with Gasteiger partial charge < -0.3 is 15.3 Å². The Hall–Kier alpha value is -3.22. The van der Waals surface area contributed by atoms with Gasteiger partial charge in [-0.15, -0.1) is 5.11 Å². The van der Waals surface area contributed by atoms with E-state index < -0.39 is 5.97 Å². The highest BCUT2D eigenvalue weighted by molar-refractivity contribution is 5.99. The number of amides is 1. The van der Waals surface area contributed by atoms with Crippen LogP contribution < -0.4 is 10.2 Å². The summed E-state index contributed by atoms with van der Waals surface area (Å²) in [5.41, 5.74) is 2.50. The van der Waals surface area contributed by atoms with E-state index in [1.807, 2.05) is 43.3 Å². The lowest BCUT2D eigenvalue weighted by Crippen LogP contribution is -2.26. The molecule has 0 aliphatic carbocycles. The highest BCUT2D eigenvalue weighted by atomic mass is 16.4. The number of carbonyl (C=O) groups is 2. The fraction of sp³-hybridized carbons (Fsp3) is 0.222. The van der Waals surface area contributed by atoms with E-state index in [-0.39, 0.29) is 18.9 Å². The number of hydrogen-bond donors (Lipinski definition) is 2. The summed E-state index contributed by atoms with van der Waals surface area (Å²) >= 11 is 0. The Labute approximate surface area is 146 Å². The number of carboxylic acids is 1. The molecule has 0 atom stereocenters. The Morgan fingerprint density at radius 1 is 1.04 bits per heavy atom. The van der Waals surface area contributed by atoms with Gasteiger partial charge in [0.15, 0.2) is 0 Å². The number of anilines is 1. The standard InChI is InChI=1S/C18H20N4O3/c1-22(2)14-9-7-13(8-10-14)20-21-16-6-4-3-5-15(16)18(25)19-12-11-17(23)24/h3-10H,11-12H2,1-2H3,(H,19,25)(H,23,24). The number of aliphatic carboxylic acids is 1. The van der Waals surface area contributed by atoms with Crippen molar-refractivity contribution in [3.63, 3.8) is 0 Å². The zero-order chi connectivity index (χ0) is 18.2. The van der Waals surface area contributed by atoms with Gasteiger partial charge in [-0.3, -0.25) is 9.59 Å². The zero-order valence-electron chi connectivity index (χ0n) is 14.1. The summed E-state index contributed by atoms with van der Waals surface area (Å²) in [6, 6.07) is 14.3.